The molecule has 86 valence electrons. The van der Waals surface area contributed by atoms with E-state index in [9.17, 15) is 9.59 Å². The quantitative estimate of drug-likeness (QED) is 0.916. The number of amides is 1. The molecule has 0 aliphatic carbocycles. The zero-order valence-electron chi connectivity index (χ0n) is 8.90. The van der Waals surface area contributed by atoms with Gasteiger partial charge in [-0.3, -0.25) is 14.5 Å². The molecule has 1 aromatic rings. The van der Waals surface area contributed by atoms with Crippen molar-refractivity contribution in [3.05, 3.63) is 22.3 Å². The summed E-state index contributed by atoms with van der Waals surface area (Å²) in [5, 5.41) is 8.70. The van der Waals surface area contributed by atoms with E-state index in [0.717, 1.165) is 10.5 Å². The van der Waals surface area contributed by atoms with Crippen LogP contribution in [0.4, 0.5) is 5.82 Å². The van der Waals surface area contributed by atoms with Gasteiger partial charge in [-0.25, -0.2) is 4.98 Å². The topological polar surface area (TPSA) is 70.5 Å². The van der Waals surface area contributed by atoms with Crippen LogP contribution in [-0.2, 0) is 9.59 Å². The standard InChI is InChI=1S/C10H11BrN2O3/c1-6-3-8(11)10(12-4-6)13(7(2)14)5-9(15)16/h3-4H,5H2,1-2H3,(H,15,16). The first-order valence-corrected chi connectivity index (χ1v) is 5.33. The number of aromatic nitrogens is 1. The molecule has 0 atom stereocenters. The molecule has 1 rings (SSSR count). The average Bonchev–Trinajstić information content (AvgIpc) is 2.14. The Morgan fingerprint density at radius 3 is 2.62 bits per heavy atom. The van der Waals surface area contributed by atoms with Crippen LogP contribution in [0.5, 0.6) is 0 Å². The number of carboxylic acid groups (broad SMARTS) is 1. The molecule has 0 spiro atoms. The lowest BCUT2D eigenvalue weighted by atomic mass is 10.3. The summed E-state index contributed by atoms with van der Waals surface area (Å²) in [6.07, 6.45) is 1.58. The van der Waals surface area contributed by atoms with E-state index in [0.29, 0.717) is 10.3 Å². The lowest BCUT2D eigenvalue weighted by Gasteiger charge is -2.19. The molecule has 0 aliphatic heterocycles. The number of anilines is 1. The third-order valence-electron chi connectivity index (χ3n) is 1.89. The van der Waals surface area contributed by atoms with Crippen molar-refractivity contribution in [3.8, 4) is 0 Å². The van der Waals surface area contributed by atoms with Gasteiger partial charge >= 0.3 is 5.97 Å². The van der Waals surface area contributed by atoms with Gasteiger partial charge in [0.05, 0.1) is 4.47 Å². The molecular formula is C10H11BrN2O3. The molecule has 1 heterocycles. The first-order chi connectivity index (χ1) is 7.41. The Kier molecular flexibility index (Phi) is 4.00. The number of hydrogen-bond acceptors (Lipinski definition) is 3. The number of nitrogens with zero attached hydrogens (tertiary/aromatic N) is 2. The Balaban J connectivity index is 3.10. The molecule has 1 amide bonds. The normalized spacial score (nSPS) is 9.94. The zero-order chi connectivity index (χ0) is 12.3. The summed E-state index contributed by atoms with van der Waals surface area (Å²) in [4.78, 5) is 27.1. The number of halogens is 1. The molecule has 0 unspecified atom stereocenters. The maximum absolute atomic E-state index is 11.3. The summed E-state index contributed by atoms with van der Waals surface area (Å²) in [5.74, 6) is -1.12. The van der Waals surface area contributed by atoms with E-state index in [4.69, 9.17) is 5.11 Å². The molecule has 0 radical (unpaired) electrons. The van der Waals surface area contributed by atoms with Crippen molar-refractivity contribution in [1.29, 1.82) is 0 Å². The van der Waals surface area contributed by atoms with Crippen LogP contribution in [0.15, 0.2) is 16.7 Å². The minimum Gasteiger partial charge on any atom is -0.480 e. The van der Waals surface area contributed by atoms with Crippen LogP contribution in [0.2, 0.25) is 0 Å². The van der Waals surface area contributed by atoms with Crippen molar-refractivity contribution in [1.82, 2.24) is 4.98 Å². The minimum atomic E-state index is -1.08. The van der Waals surface area contributed by atoms with Crippen LogP contribution in [0.3, 0.4) is 0 Å². The molecule has 5 nitrogen and oxygen atoms in total. The fourth-order valence-electron chi connectivity index (χ4n) is 1.20. The van der Waals surface area contributed by atoms with Crippen molar-refractivity contribution in [2.24, 2.45) is 0 Å². The summed E-state index contributed by atoms with van der Waals surface area (Å²) in [7, 11) is 0. The Morgan fingerprint density at radius 1 is 1.56 bits per heavy atom. The van der Waals surface area contributed by atoms with Crippen molar-refractivity contribution in [2.75, 3.05) is 11.4 Å². The first kappa shape index (κ1) is 12.6. The smallest absolute Gasteiger partial charge is 0.323 e. The molecular weight excluding hydrogens is 276 g/mol. The number of pyridine rings is 1. The van der Waals surface area contributed by atoms with Gasteiger partial charge in [0, 0.05) is 13.1 Å². The number of carbonyl (C=O) groups excluding carboxylic acids is 1. The molecule has 1 N–H and O–H groups in total. The number of aliphatic carboxylic acids is 1. The van der Waals surface area contributed by atoms with E-state index in [2.05, 4.69) is 20.9 Å². The minimum absolute atomic E-state index is 0.320. The maximum Gasteiger partial charge on any atom is 0.323 e. The molecule has 1 aromatic heterocycles. The second-order valence-corrected chi connectivity index (χ2v) is 4.17. The Labute approximate surface area is 101 Å². The maximum atomic E-state index is 11.3. The van der Waals surface area contributed by atoms with E-state index in [1.807, 2.05) is 6.92 Å². The van der Waals surface area contributed by atoms with Crippen LogP contribution < -0.4 is 4.90 Å². The third-order valence-corrected chi connectivity index (χ3v) is 2.47. The highest BCUT2D eigenvalue weighted by Crippen LogP contribution is 2.24. The van der Waals surface area contributed by atoms with Crippen LogP contribution in [0.25, 0.3) is 0 Å². The predicted molar refractivity (Wildman–Crippen MR) is 62.3 cm³/mol. The largest absolute Gasteiger partial charge is 0.480 e. The highest BCUT2D eigenvalue weighted by Gasteiger charge is 2.18. The van der Waals surface area contributed by atoms with Gasteiger partial charge in [-0.1, -0.05) is 0 Å². The number of hydrogen-bond donors (Lipinski definition) is 1. The van der Waals surface area contributed by atoms with Crippen molar-refractivity contribution in [3.63, 3.8) is 0 Å². The van der Waals surface area contributed by atoms with Gasteiger partial charge in [-0.15, -0.1) is 0 Å². The second kappa shape index (κ2) is 5.07. The molecule has 16 heavy (non-hydrogen) atoms. The van der Waals surface area contributed by atoms with Crippen LogP contribution in [0.1, 0.15) is 12.5 Å². The lowest BCUT2D eigenvalue weighted by Crippen LogP contribution is -2.34. The highest BCUT2D eigenvalue weighted by molar-refractivity contribution is 9.10. The van der Waals surface area contributed by atoms with Gasteiger partial charge in [0.1, 0.15) is 12.4 Å². The molecule has 0 fully saturated rings. The summed E-state index contributed by atoms with van der Waals surface area (Å²) < 4.78 is 0.601. The number of aryl methyl sites for hydroxylation is 1. The summed E-state index contributed by atoms with van der Waals surface area (Å²) >= 11 is 3.26. The van der Waals surface area contributed by atoms with Crippen LogP contribution in [-0.4, -0.2) is 28.5 Å². The monoisotopic (exact) mass is 286 g/mol. The molecule has 0 aliphatic rings. The summed E-state index contributed by atoms with van der Waals surface area (Å²) in [6, 6.07) is 1.78. The van der Waals surface area contributed by atoms with E-state index in [1.54, 1.807) is 12.3 Å². The van der Waals surface area contributed by atoms with Crippen molar-refractivity contribution in [2.45, 2.75) is 13.8 Å². The lowest BCUT2D eigenvalue weighted by molar-refractivity contribution is -0.136. The van der Waals surface area contributed by atoms with Crippen LogP contribution in [0, 0.1) is 6.92 Å². The second-order valence-electron chi connectivity index (χ2n) is 3.32. The molecule has 0 aromatic carbocycles. The SMILES string of the molecule is CC(=O)N(CC(=O)O)c1ncc(C)cc1Br. The fraction of sp³-hybridized carbons (Fsp3) is 0.300. The molecule has 0 bridgehead atoms. The van der Waals surface area contributed by atoms with Crippen molar-refractivity contribution >= 4 is 33.6 Å². The average molecular weight is 287 g/mol. The van der Waals surface area contributed by atoms with E-state index < -0.39 is 12.5 Å². The molecule has 6 heteroatoms. The zero-order valence-corrected chi connectivity index (χ0v) is 10.5. The fourth-order valence-corrected chi connectivity index (χ4v) is 1.87. The third kappa shape index (κ3) is 3.03. The van der Waals surface area contributed by atoms with Gasteiger partial charge in [0.2, 0.25) is 5.91 Å². The van der Waals surface area contributed by atoms with Crippen LogP contribution >= 0.6 is 15.9 Å². The van der Waals surface area contributed by atoms with Gasteiger partial charge in [-0.2, -0.15) is 0 Å². The van der Waals surface area contributed by atoms with E-state index in [1.165, 1.54) is 6.92 Å². The van der Waals surface area contributed by atoms with Gasteiger partial charge < -0.3 is 5.11 Å². The van der Waals surface area contributed by atoms with E-state index in [-0.39, 0.29) is 5.91 Å². The molecule has 0 saturated heterocycles. The Bertz CT molecular complexity index is 434. The first-order valence-electron chi connectivity index (χ1n) is 4.54. The predicted octanol–water partition coefficient (Wildman–Crippen LogP) is 1.59. The summed E-state index contributed by atoms with van der Waals surface area (Å²) in [6.45, 7) is 2.76. The Morgan fingerprint density at radius 2 is 2.19 bits per heavy atom. The van der Waals surface area contributed by atoms with E-state index >= 15 is 0 Å². The number of carbonyl (C=O) groups is 2. The van der Waals surface area contributed by atoms with Crippen molar-refractivity contribution < 1.29 is 14.7 Å². The Hall–Kier alpha value is -1.43. The van der Waals surface area contributed by atoms with Gasteiger partial charge in [0.25, 0.3) is 0 Å². The van der Waals surface area contributed by atoms with Gasteiger partial charge in [0.15, 0.2) is 0 Å². The van der Waals surface area contributed by atoms with Gasteiger partial charge in [-0.05, 0) is 34.5 Å². The summed E-state index contributed by atoms with van der Waals surface area (Å²) in [5.41, 5.74) is 0.925. The number of rotatable bonds is 3. The number of carboxylic acids is 1. The molecule has 0 saturated carbocycles. The highest BCUT2D eigenvalue weighted by atomic mass is 79.9.